The fourth-order valence-electron chi connectivity index (χ4n) is 1.97. The lowest BCUT2D eigenvalue weighted by atomic mass is 10.2. The average Bonchev–Trinajstić information content (AvgIpc) is 2.58. The molecule has 24 heavy (non-hydrogen) atoms. The summed E-state index contributed by atoms with van der Waals surface area (Å²) in [4.78, 5) is 21.8. The molecule has 0 aliphatic carbocycles. The second-order valence-corrected chi connectivity index (χ2v) is 4.97. The fraction of sp³-hybridized carbons (Fsp3) is 0.167. The number of hydrogen-bond donors (Lipinski definition) is 0. The molecule has 0 spiro atoms. The van der Waals surface area contributed by atoms with Gasteiger partial charge >= 0.3 is 5.97 Å². The summed E-state index contributed by atoms with van der Waals surface area (Å²) in [6.07, 6.45) is 2.70. The number of carbonyl (C=O) groups is 1. The quantitative estimate of drug-likeness (QED) is 0.255. The highest BCUT2D eigenvalue weighted by Gasteiger charge is 2.04. The number of non-ortho nitro benzene ring substituents is 1. The number of para-hydroxylation sites is 1. The van der Waals surface area contributed by atoms with Crippen molar-refractivity contribution in [3.8, 4) is 5.75 Å². The fourth-order valence-corrected chi connectivity index (χ4v) is 1.97. The lowest BCUT2D eigenvalue weighted by molar-refractivity contribution is -0.384. The van der Waals surface area contributed by atoms with Gasteiger partial charge in [-0.25, -0.2) is 4.79 Å². The van der Waals surface area contributed by atoms with Gasteiger partial charge < -0.3 is 9.47 Å². The Kier molecular flexibility index (Phi) is 6.08. The molecular formula is C18H17NO5. The first kappa shape index (κ1) is 17.2. The van der Waals surface area contributed by atoms with Crippen LogP contribution >= 0.6 is 0 Å². The number of carbonyl (C=O) groups excluding carboxylic acids is 1. The van der Waals surface area contributed by atoms with Gasteiger partial charge in [-0.15, -0.1) is 0 Å². The highest BCUT2D eigenvalue weighted by Crippen LogP contribution is 2.16. The molecule has 0 saturated heterocycles. The molecule has 6 nitrogen and oxygen atoms in total. The van der Waals surface area contributed by atoms with Crippen molar-refractivity contribution in [1.29, 1.82) is 0 Å². The summed E-state index contributed by atoms with van der Waals surface area (Å²) in [5, 5.41) is 10.7. The van der Waals surface area contributed by atoms with Gasteiger partial charge in [0.2, 0.25) is 0 Å². The number of nitro benzene ring substituents is 1. The summed E-state index contributed by atoms with van der Waals surface area (Å²) in [7, 11) is 0. The molecule has 0 N–H and O–H groups in total. The molecule has 124 valence electrons. The van der Waals surface area contributed by atoms with Crippen LogP contribution in [0.2, 0.25) is 0 Å². The Morgan fingerprint density at radius 3 is 2.71 bits per heavy atom. The Balaban J connectivity index is 1.78. The van der Waals surface area contributed by atoms with Crippen LogP contribution in [0, 0.1) is 17.0 Å². The number of nitrogens with zero attached hydrogens (tertiary/aromatic N) is 1. The van der Waals surface area contributed by atoms with E-state index in [1.54, 1.807) is 12.1 Å². The maximum atomic E-state index is 11.6. The maximum Gasteiger partial charge on any atom is 0.330 e. The summed E-state index contributed by atoms with van der Waals surface area (Å²) in [6, 6.07) is 13.6. The molecule has 0 fully saturated rings. The third-order valence-electron chi connectivity index (χ3n) is 3.17. The van der Waals surface area contributed by atoms with E-state index in [4.69, 9.17) is 9.47 Å². The molecule has 0 amide bonds. The normalized spacial score (nSPS) is 10.5. The number of esters is 1. The number of nitro groups is 1. The smallest absolute Gasteiger partial charge is 0.330 e. The molecule has 0 radical (unpaired) electrons. The monoisotopic (exact) mass is 327 g/mol. The zero-order chi connectivity index (χ0) is 17.4. The Hall–Kier alpha value is -3.15. The van der Waals surface area contributed by atoms with E-state index in [2.05, 4.69) is 0 Å². The Morgan fingerprint density at radius 1 is 1.17 bits per heavy atom. The first-order chi connectivity index (χ1) is 11.6. The summed E-state index contributed by atoms with van der Waals surface area (Å²) >= 11 is 0. The topological polar surface area (TPSA) is 78.7 Å². The third kappa shape index (κ3) is 5.24. The average molecular weight is 327 g/mol. The molecule has 0 unspecified atom stereocenters. The van der Waals surface area contributed by atoms with Crippen LogP contribution in [0.3, 0.4) is 0 Å². The highest BCUT2D eigenvalue weighted by atomic mass is 16.6. The highest BCUT2D eigenvalue weighted by molar-refractivity contribution is 5.87. The predicted molar refractivity (Wildman–Crippen MR) is 89.8 cm³/mol. The van der Waals surface area contributed by atoms with Crippen LogP contribution in [0.1, 0.15) is 11.1 Å². The van der Waals surface area contributed by atoms with Crippen LogP contribution in [0.5, 0.6) is 5.75 Å². The molecule has 0 aliphatic rings. The van der Waals surface area contributed by atoms with E-state index in [0.717, 1.165) is 11.3 Å². The molecule has 0 saturated carbocycles. The van der Waals surface area contributed by atoms with Crippen LogP contribution in [0.25, 0.3) is 6.08 Å². The second-order valence-electron chi connectivity index (χ2n) is 4.97. The minimum atomic E-state index is -0.533. The van der Waals surface area contributed by atoms with E-state index in [-0.39, 0.29) is 18.9 Å². The summed E-state index contributed by atoms with van der Waals surface area (Å²) in [5.41, 5.74) is 1.53. The molecule has 2 rings (SSSR count). The minimum absolute atomic E-state index is 0.0304. The van der Waals surface area contributed by atoms with Crippen LogP contribution < -0.4 is 4.74 Å². The number of aryl methyl sites for hydroxylation is 1. The molecule has 0 aliphatic heterocycles. The van der Waals surface area contributed by atoms with Crippen LogP contribution in [-0.2, 0) is 9.53 Å². The predicted octanol–water partition coefficient (Wildman–Crippen LogP) is 3.54. The van der Waals surface area contributed by atoms with E-state index >= 15 is 0 Å². The summed E-state index contributed by atoms with van der Waals surface area (Å²) in [6.45, 7) is 2.30. The molecule has 0 aromatic heterocycles. The van der Waals surface area contributed by atoms with E-state index in [0.29, 0.717) is 5.56 Å². The molecule has 2 aromatic rings. The first-order valence-corrected chi connectivity index (χ1v) is 7.34. The van der Waals surface area contributed by atoms with Crippen molar-refractivity contribution < 1.29 is 19.2 Å². The Morgan fingerprint density at radius 2 is 1.96 bits per heavy atom. The molecule has 0 atom stereocenters. The Bertz CT molecular complexity index is 755. The van der Waals surface area contributed by atoms with Crippen molar-refractivity contribution >= 4 is 17.7 Å². The minimum Gasteiger partial charge on any atom is -0.490 e. The van der Waals surface area contributed by atoms with Gasteiger partial charge in [0.25, 0.3) is 5.69 Å². The van der Waals surface area contributed by atoms with Crippen LogP contribution in [0.4, 0.5) is 5.69 Å². The van der Waals surface area contributed by atoms with Crippen molar-refractivity contribution in [3.63, 3.8) is 0 Å². The molecular weight excluding hydrogens is 310 g/mol. The number of rotatable bonds is 7. The van der Waals surface area contributed by atoms with Crippen LogP contribution in [-0.4, -0.2) is 24.1 Å². The van der Waals surface area contributed by atoms with Gasteiger partial charge in [-0.3, -0.25) is 10.1 Å². The maximum absolute atomic E-state index is 11.6. The zero-order valence-corrected chi connectivity index (χ0v) is 13.2. The van der Waals surface area contributed by atoms with Crippen LogP contribution in [0.15, 0.2) is 54.6 Å². The standard InChI is InChI=1S/C18H17NO5/c1-14-5-2-3-8-17(14)23-11-12-24-18(20)10-9-15-6-4-7-16(13-15)19(21)22/h2-10,13H,11-12H2,1H3/b10-9+. The van der Waals surface area contributed by atoms with E-state index in [9.17, 15) is 14.9 Å². The van der Waals surface area contributed by atoms with E-state index < -0.39 is 10.9 Å². The van der Waals surface area contributed by atoms with Gasteiger partial charge in [-0.1, -0.05) is 30.3 Å². The number of hydrogen-bond acceptors (Lipinski definition) is 5. The lowest BCUT2D eigenvalue weighted by Gasteiger charge is -2.08. The van der Waals surface area contributed by atoms with Crippen molar-refractivity contribution in [2.45, 2.75) is 6.92 Å². The van der Waals surface area contributed by atoms with E-state index in [1.807, 2.05) is 31.2 Å². The lowest BCUT2D eigenvalue weighted by Crippen LogP contribution is -2.10. The van der Waals surface area contributed by atoms with Gasteiger partial charge in [0.1, 0.15) is 19.0 Å². The second kappa shape index (κ2) is 8.47. The zero-order valence-electron chi connectivity index (χ0n) is 13.2. The summed E-state index contributed by atoms with van der Waals surface area (Å²) in [5.74, 6) is 0.218. The largest absolute Gasteiger partial charge is 0.490 e. The Labute approximate surface area is 139 Å². The van der Waals surface area contributed by atoms with Crippen molar-refractivity contribution in [1.82, 2.24) is 0 Å². The van der Waals surface area contributed by atoms with Gasteiger partial charge in [0.15, 0.2) is 0 Å². The SMILES string of the molecule is Cc1ccccc1OCCOC(=O)/C=C/c1cccc([N+](=O)[O-])c1. The van der Waals surface area contributed by atoms with Crippen molar-refractivity contribution in [3.05, 3.63) is 75.8 Å². The third-order valence-corrected chi connectivity index (χ3v) is 3.17. The van der Waals surface area contributed by atoms with E-state index in [1.165, 1.54) is 24.3 Å². The van der Waals surface area contributed by atoms with Gasteiger partial charge in [-0.2, -0.15) is 0 Å². The van der Waals surface area contributed by atoms with Crippen molar-refractivity contribution in [2.24, 2.45) is 0 Å². The molecule has 0 heterocycles. The molecule has 6 heteroatoms. The van der Waals surface area contributed by atoms with Gasteiger partial charge in [-0.05, 0) is 30.2 Å². The van der Waals surface area contributed by atoms with Gasteiger partial charge in [0.05, 0.1) is 4.92 Å². The molecule has 0 bridgehead atoms. The number of benzene rings is 2. The van der Waals surface area contributed by atoms with Crippen molar-refractivity contribution in [2.75, 3.05) is 13.2 Å². The number of ether oxygens (including phenoxy) is 2. The van der Waals surface area contributed by atoms with Gasteiger partial charge in [0, 0.05) is 18.2 Å². The summed E-state index contributed by atoms with van der Waals surface area (Å²) < 4.78 is 10.5. The molecule has 2 aromatic carbocycles. The first-order valence-electron chi connectivity index (χ1n) is 7.34.